The molecular formula is C16H20N2O4S. The lowest BCUT2D eigenvalue weighted by Crippen LogP contribution is -2.45. The average Bonchev–Trinajstić information content (AvgIpc) is 2.54. The van der Waals surface area contributed by atoms with E-state index in [0.717, 1.165) is 5.56 Å². The molecule has 0 unspecified atom stereocenters. The number of carbonyl (C=O) groups excluding carboxylic acids is 1. The molecule has 0 saturated heterocycles. The lowest BCUT2D eigenvalue weighted by Gasteiger charge is -2.30. The number of hydrogen-bond acceptors (Lipinski definition) is 5. The van der Waals surface area contributed by atoms with Crippen molar-refractivity contribution in [3.63, 3.8) is 0 Å². The van der Waals surface area contributed by atoms with Crippen molar-refractivity contribution < 1.29 is 19.0 Å². The van der Waals surface area contributed by atoms with Crippen LogP contribution in [0, 0.1) is 0 Å². The van der Waals surface area contributed by atoms with Gasteiger partial charge in [-0.25, -0.2) is 4.79 Å². The number of hydrogen-bond donors (Lipinski definition) is 2. The number of methoxy groups -OCH3 is 2. The molecule has 7 heteroatoms. The molecule has 0 bridgehead atoms. The second-order valence-electron chi connectivity index (χ2n) is 4.98. The molecule has 2 rings (SSSR count). The Bertz CT molecular complexity index is 630. The van der Waals surface area contributed by atoms with Crippen molar-refractivity contribution in [2.45, 2.75) is 13.0 Å². The Balaban J connectivity index is 2.32. The molecule has 0 radical (unpaired) electrons. The van der Waals surface area contributed by atoms with Crippen LogP contribution in [0.1, 0.15) is 18.5 Å². The Labute approximate surface area is 140 Å². The van der Waals surface area contributed by atoms with Gasteiger partial charge >= 0.3 is 5.97 Å². The van der Waals surface area contributed by atoms with E-state index in [0.29, 0.717) is 28.7 Å². The number of allylic oxidation sites excluding steroid dienone is 1. The standard InChI is InChI=1S/C16H20N2O4S/c1-10-13(15(19)22-8-7-20-2)14(18-16(23)17-10)11-5-4-6-12(9-11)21-3/h4-6,9,14H,7-8H2,1-3H3,(H2,17,18,23)/t14-/m0/s1. The zero-order valence-corrected chi connectivity index (χ0v) is 14.2. The van der Waals surface area contributed by atoms with Gasteiger partial charge in [-0.3, -0.25) is 0 Å². The van der Waals surface area contributed by atoms with Gasteiger partial charge in [0.2, 0.25) is 0 Å². The molecule has 1 aliphatic rings. The Kier molecular flexibility index (Phi) is 5.95. The summed E-state index contributed by atoms with van der Waals surface area (Å²) < 4.78 is 15.4. The molecule has 1 aliphatic heterocycles. The topological polar surface area (TPSA) is 68.8 Å². The van der Waals surface area contributed by atoms with E-state index in [1.54, 1.807) is 21.1 Å². The van der Waals surface area contributed by atoms with Gasteiger partial charge in [-0.05, 0) is 36.8 Å². The Hall–Kier alpha value is -2.12. The summed E-state index contributed by atoms with van der Waals surface area (Å²) in [4.78, 5) is 12.4. The minimum Gasteiger partial charge on any atom is -0.497 e. The highest BCUT2D eigenvalue weighted by atomic mass is 32.1. The van der Waals surface area contributed by atoms with Crippen LogP contribution in [0.4, 0.5) is 0 Å². The van der Waals surface area contributed by atoms with Crippen molar-refractivity contribution in [1.29, 1.82) is 0 Å². The number of benzene rings is 1. The lowest BCUT2D eigenvalue weighted by molar-refractivity contribution is -0.140. The fourth-order valence-electron chi connectivity index (χ4n) is 2.33. The Morgan fingerprint density at radius 2 is 2.09 bits per heavy atom. The first kappa shape index (κ1) is 17.2. The van der Waals surface area contributed by atoms with Crippen LogP contribution in [0.3, 0.4) is 0 Å². The Morgan fingerprint density at radius 1 is 1.30 bits per heavy atom. The van der Waals surface area contributed by atoms with Crippen LogP contribution in [-0.2, 0) is 14.3 Å². The van der Waals surface area contributed by atoms with Crippen molar-refractivity contribution in [1.82, 2.24) is 10.6 Å². The summed E-state index contributed by atoms with van der Waals surface area (Å²) in [6.45, 7) is 2.34. The van der Waals surface area contributed by atoms with Gasteiger partial charge < -0.3 is 24.8 Å². The van der Waals surface area contributed by atoms with Crippen molar-refractivity contribution >= 4 is 23.3 Å². The third-order valence-corrected chi connectivity index (χ3v) is 3.66. The number of ether oxygens (including phenoxy) is 3. The fourth-order valence-corrected chi connectivity index (χ4v) is 2.60. The first-order valence-corrected chi connectivity index (χ1v) is 7.56. The van der Waals surface area contributed by atoms with Crippen molar-refractivity contribution in [2.24, 2.45) is 0 Å². The number of thiocarbonyl (C=S) groups is 1. The average molecular weight is 336 g/mol. The quantitative estimate of drug-likeness (QED) is 0.465. The molecule has 124 valence electrons. The van der Waals surface area contributed by atoms with E-state index in [1.165, 1.54) is 0 Å². The van der Waals surface area contributed by atoms with Crippen molar-refractivity contribution in [3.05, 3.63) is 41.1 Å². The maximum absolute atomic E-state index is 12.4. The van der Waals surface area contributed by atoms with Crippen LogP contribution in [-0.4, -0.2) is 38.5 Å². The molecule has 1 aromatic rings. The number of nitrogens with one attached hydrogen (secondary N) is 2. The van der Waals surface area contributed by atoms with Gasteiger partial charge in [0.1, 0.15) is 12.4 Å². The first-order chi connectivity index (χ1) is 11.1. The third-order valence-electron chi connectivity index (χ3n) is 3.44. The molecule has 6 nitrogen and oxygen atoms in total. The summed E-state index contributed by atoms with van der Waals surface area (Å²) in [6.07, 6.45) is 0. The molecule has 1 aromatic carbocycles. The first-order valence-electron chi connectivity index (χ1n) is 7.15. The second-order valence-corrected chi connectivity index (χ2v) is 5.38. The van der Waals surface area contributed by atoms with Crippen LogP contribution < -0.4 is 15.4 Å². The SMILES string of the molecule is COCCOC(=O)C1=C(C)NC(=S)N[C@H]1c1cccc(OC)c1. The monoisotopic (exact) mass is 336 g/mol. The van der Waals surface area contributed by atoms with Gasteiger partial charge in [0, 0.05) is 12.8 Å². The molecule has 0 saturated carbocycles. The molecule has 0 amide bonds. The van der Waals surface area contributed by atoms with Crippen LogP contribution in [0.5, 0.6) is 5.75 Å². The summed E-state index contributed by atoms with van der Waals surface area (Å²) in [5, 5.41) is 6.54. The van der Waals surface area contributed by atoms with E-state index in [1.807, 2.05) is 24.3 Å². The van der Waals surface area contributed by atoms with Crippen molar-refractivity contribution in [2.75, 3.05) is 27.4 Å². The summed E-state index contributed by atoms with van der Waals surface area (Å²) >= 11 is 5.21. The highest BCUT2D eigenvalue weighted by Gasteiger charge is 2.31. The molecule has 0 spiro atoms. The van der Waals surface area contributed by atoms with Crippen LogP contribution in [0.2, 0.25) is 0 Å². The highest BCUT2D eigenvalue weighted by molar-refractivity contribution is 7.80. The number of carbonyl (C=O) groups is 1. The minimum atomic E-state index is -0.408. The summed E-state index contributed by atoms with van der Waals surface area (Å²) in [7, 11) is 3.15. The minimum absolute atomic E-state index is 0.196. The van der Waals surface area contributed by atoms with E-state index in [-0.39, 0.29) is 6.61 Å². The summed E-state index contributed by atoms with van der Waals surface area (Å²) in [5.41, 5.74) is 2.03. The highest BCUT2D eigenvalue weighted by Crippen LogP contribution is 2.29. The van der Waals surface area contributed by atoms with Crippen LogP contribution in [0.15, 0.2) is 35.5 Å². The van der Waals surface area contributed by atoms with Gasteiger partial charge in [-0.1, -0.05) is 12.1 Å². The molecule has 1 atom stereocenters. The molecule has 0 fully saturated rings. The molecule has 0 aromatic heterocycles. The molecule has 1 heterocycles. The largest absolute Gasteiger partial charge is 0.497 e. The normalized spacial score (nSPS) is 17.3. The smallest absolute Gasteiger partial charge is 0.338 e. The second kappa shape index (κ2) is 7.94. The van der Waals surface area contributed by atoms with Crippen molar-refractivity contribution in [3.8, 4) is 5.75 Å². The fraction of sp³-hybridized carbons (Fsp3) is 0.375. The summed E-state index contributed by atoms with van der Waals surface area (Å²) in [6, 6.07) is 7.08. The maximum atomic E-state index is 12.4. The number of esters is 1. The van der Waals surface area contributed by atoms with Gasteiger partial charge in [0.05, 0.1) is 25.3 Å². The maximum Gasteiger partial charge on any atom is 0.338 e. The van der Waals surface area contributed by atoms with Gasteiger partial charge in [0.25, 0.3) is 0 Å². The van der Waals surface area contributed by atoms with Gasteiger partial charge in [-0.2, -0.15) is 0 Å². The van der Waals surface area contributed by atoms with E-state index < -0.39 is 12.0 Å². The zero-order valence-electron chi connectivity index (χ0n) is 13.3. The molecular weight excluding hydrogens is 316 g/mol. The van der Waals surface area contributed by atoms with E-state index in [9.17, 15) is 4.79 Å². The molecule has 23 heavy (non-hydrogen) atoms. The summed E-state index contributed by atoms with van der Waals surface area (Å²) in [5.74, 6) is 0.299. The van der Waals surface area contributed by atoms with Gasteiger partial charge in [-0.15, -0.1) is 0 Å². The lowest BCUT2D eigenvalue weighted by atomic mass is 9.95. The zero-order chi connectivity index (χ0) is 16.8. The molecule has 2 N–H and O–H groups in total. The predicted molar refractivity (Wildman–Crippen MR) is 90.1 cm³/mol. The van der Waals surface area contributed by atoms with Gasteiger partial charge in [0.15, 0.2) is 5.11 Å². The molecule has 0 aliphatic carbocycles. The third kappa shape index (κ3) is 4.20. The predicted octanol–water partition coefficient (Wildman–Crippen LogP) is 1.68. The van der Waals surface area contributed by atoms with Crippen LogP contribution in [0.25, 0.3) is 0 Å². The Morgan fingerprint density at radius 3 is 2.78 bits per heavy atom. The van der Waals surface area contributed by atoms with Crippen LogP contribution >= 0.6 is 12.2 Å². The van der Waals surface area contributed by atoms with E-state index in [4.69, 9.17) is 26.4 Å². The number of rotatable bonds is 6. The van der Waals surface area contributed by atoms with E-state index in [2.05, 4.69) is 10.6 Å². The van der Waals surface area contributed by atoms with E-state index >= 15 is 0 Å².